The molecule has 0 amide bonds. The summed E-state index contributed by atoms with van der Waals surface area (Å²) in [5, 5.41) is 12.0. The largest absolute Gasteiger partial charge is 0.390 e. The van der Waals surface area contributed by atoms with Gasteiger partial charge in [-0.05, 0) is 19.8 Å². The summed E-state index contributed by atoms with van der Waals surface area (Å²) in [5.74, 6) is 0.525. The third-order valence-electron chi connectivity index (χ3n) is 2.44. The van der Waals surface area contributed by atoms with Crippen molar-refractivity contribution in [3.63, 3.8) is 0 Å². The Kier molecular flexibility index (Phi) is 2.32. The maximum absolute atomic E-state index is 9.63. The second-order valence-electron chi connectivity index (χ2n) is 3.79. The fourth-order valence-corrected chi connectivity index (χ4v) is 1.63. The highest BCUT2D eigenvalue weighted by atomic mass is 16.3. The Hall–Kier alpha value is -0.0800. The SMILES string of the molecule is CC(C)(O)C1CC[NH2+]CC1. The minimum Gasteiger partial charge on any atom is -0.390 e. The summed E-state index contributed by atoms with van der Waals surface area (Å²) in [6.07, 6.45) is 2.34. The van der Waals surface area contributed by atoms with E-state index in [-0.39, 0.29) is 0 Å². The van der Waals surface area contributed by atoms with E-state index in [1.807, 2.05) is 13.8 Å². The highest BCUT2D eigenvalue weighted by Crippen LogP contribution is 2.23. The molecule has 1 aliphatic rings. The molecule has 60 valence electrons. The minimum absolute atomic E-state index is 0.450. The van der Waals surface area contributed by atoms with Crippen LogP contribution < -0.4 is 5.32 Å². The Balaban J connectivity index is 2.39. The summed E-state index contributed by atoms with van der Waals surface area (Å²) in [6.45, 7) is 6.22. The lowest BCUT2D eigenvalue weighted by Crippen LogP contribution is -2.86. The molecule has 0 saturated carbocycles. The predicted molar refractivity (Wildman–Crippen MR) is 40.7 cm³/mol. The lowest BCUT2D eigenvalue weighted by molar-refractivity contribution is -0.665. The first-order valence-corrected chi connectivity index (χ1v) is 4.15. The van der Waals surface area contributed by atoms with Crippen LogP contribution in [0.5, 0.6) is 0 Å². The van der Waals surface area contributed by atoms with Crippen LogP contribution >= 0.6 is 0 Å². The molecular formula is C8H18NO+. The van der Waals surface area contributed by atoms with E-state index >= 15 is 0 Å². The molecule has 0 spiro atoms. The number of quaternary nitrogens is 1. The maximum atomic E-state index is 9.63. The van der Waals surface area contributed by atoms with Crippen molar-refractivity contribution in [2.24, 2.45) is 5.92 Å². The predicted octanol–water partition coefficient (Wildman–Crippen LogP) is -0.269. The Morgan fingerprint density at radius 1 is 1.30 bits per heavy atom. The number of piperidine rings is 1. The van der Waals surface area contributed by atoms with Gasteiger partial charge in [0.05, 0.1) is 18.7 Å². The molecule has 0 radical (unpaired) electrons. The number of nitrogens with two attached hydrogens (primary N) is 1. The molecule has 0 bridgehead atoms. The van der Waals surface area contributed by atoms with Crippen molar-refractivity contribution in [2.45, 2.75) is 32.3 Å². The van der Waals surface area contributed by atoms with Gasteiger partial charge in [0.15, 0.2) is 0 Å². The summed E-state index contributed by atoms with van der Waals surface area (Å²) in [5.41, 5.74) is -0.450. The van der Waals surface area contributed by atoms with Gasteiger partial charge in [-0.1, -0.05) is 0 Å². The molecule has 1 heterocycles. The van der Waals surface area contributed by atoms with Gasteiger partial charge in [-0.3, -0.25) is 0 Å². The molecule has 0 aliphatic carbocycles. The van der Waals surface area contributed by atoms with Gasteiger partial charge in [-0.2, -0.15) is 0 Å². The Labute approximate surface area is 62.6 Å². The summed E-state index contributed by atoms with van der Waals surface area (Å²) < 4.78 is 0. The standard InChI is InChI=1S/C8H17NO/c1-8(2,10)7-3-5-9-6-4-7/h7,9-10H,3-6H2,1-2H3/p+1. The lowest BCUT2D eigenvalue weighted by atomic mass is 9.84. The van der Waals surface area contributed by atoms with Crippen LogP contribution in [0.2, 0.25) is 0 Å². The van der Waals surface area contributed by atoms with Crippen molar-refractivity contribution in [3.8, 4) is 0 Å². The second-order valence-corrected chi connectivity index (χ2v) is 3.79. The number of aliphatic hydroxyl groups is 1. The van der Waals surface area contributed by atoms with Gasteiger partial charge in [-0.15, -0.1) is 0 Å². The lowest BCUT2D eigenvalue weighted by Gasteiger charge is -2.31. The van der Waals surface area contributed by atoms with Crippen LogP contribution in [0.1, 0.15) is 26.7 Å². The van der Waals surface area contributed by atoms with E-state index in [2.05, 4.69) is 5.32 Å². The van der Waals surface area contributed by atoms with Gasteiger partial charge < -0.3 is 10.4 Å². The molecule has 1 aliphatic heterocycles. The van der Waals surface area contributed by atoms with E-state index in [1.165, 1.54) is 25.9 Å². The molecule has 2 heteroatoms. The first-order valence-electron chi connectivity index (χ1n) is 4.15. The highest BCUT2D eigenvalue weighted by molar-refractivity contribution is 4.77. The minimum atomic E-state index is -0.450. The van der Waals surface area contributed by atoms with Crippen LogP contribution in [0.4, 0.5) is 0 Å². The van der Waals surface area contributed by atoms with Crippen LogP contribution in [-0.4, -0.2) is 23.8 Å². The maximum Gasteiger partial charge on any atom is 0.0759 e. The van der Waals surface area contributed by atoms with Crippen molar-refractivity contribution in [1.82, 2.24) is 0 Å². The third-order valence-corrected chi connectivity index (χ3v) is 2.44. The topological polar surface area (TPSA) is 36.8 Å². The fraction of sp³-hybridized carbons (Fsp3) is 1.00. The molecule has 1 fully saturated rings. The molecule has 10 heavy (non-hydrogen) atoms. The van der Waals surface area contributed by atoms with E-state index < -0.39 is 5.60 Å². The zero-order chi connectivity index (χ0) is 7.61. The quantitative estimate of drug-likeness (QED) is 0.522. The summed E-state index contributed by atoms with van der Waals surface area (Å²) in [4.78, 5) is 0. The number of hydrogen-bond acceptors (Lipinski definition) is 1. The molecule has 1 saturated heterocycles. The van der Waals surface area contributed by atoms with Gasteiger partial charge in [-0.25, -0.2) is 0 Å². The van der Waals surface area contributed by atoms with E-state index in [0.29, 0.717) is 5.92 Å². The smallest absolute Gasteiger partial charge is 0.0759 e. The van der Waals surface area contributed by atoms with E-state index in [0.717, 1.165) is 0 Å². The molecule has 3 N–H and O–H groups in total. The van der Waals surface area contributed by atoms with Gasteiger partial charge in [0.1, 0.15) is 0 Å². The Morgan fingerprint density at radius 2 is 1.80 bits per heavy atom. The monoisotopic (exact) mass is 144 g/mol. The van der Waals surface area contributed by atoms with Crippen molar-refractivity contribution >= 4 is 0 Å². The zero-order valence-corrected chi connectivity index (χ0v) is 6.93. The average Bonchev–Trinajstić information content (AvgIpc) is 1.88. The van der Waals surface area contributed by atoms with Crippen LogP contribution in [0.25, 0.3) is 0 Å². The Morgan fingerprint density at radius 3 is 2.10 bits per heavy atom. The molecule has 0 aromatic carbocycles. The van der Waals surface area contributed by atoms with Crippen LogP contribution in [0.15, 0.2) is 0 Å². The van der Waals surface area contributed by atoms with Crippen molar-refractivity contribution in [1.29, 1.82) is 0 Å². The molecule has 0 atom stereocenters. The first kappa shape index (κ1) is 8.02. The molecule has 2 nitrogen and oxygen atoms in total. The van der Waals surface area contributed by atoms with Gasteiger partial charge in [0.25, 0.3) is 0 Å². The molecule has 0 aromatic heterocycles. The van der Waals surface area contributed by atoms with Crippen LogP contribution in [0, 0.1) is 5.92 Å². The van der Waals surface area contributed by atoms with Crippen LogP contribution in [-0.2, 0) is 0 Å². The summed E-state index contributed by atoms with van der Waals surface area (Å²) in [6, 6.07) is 0. The molecule has 0 aromatic rings. The second kappa shape index (κ2) is 2.89. The Bertz CT molecular complexity index is 100. The molecule has 0 unspecified atom stereocenters. The normalized spacial score (nSPS) is 23.1. The molecule has 1 rings (SSSR count). The first-order chi connectivity index (χ1) is 4.61. The zero-order valence-electron chi connectivity index (χ0n) is 6.93. The van der Waals surface area contributed by atoms with Crippen molar-refractivity contribution < 1.29 is 10.4 Å². The molecular weight excluding hydrogens is 126 g/mol. The van der Waals surface area contributed by atoms with E-state index in [9.17, 15) is 5.11 Å². The van der Waals surface area contributed by atoms with E-state index in [1.54, 1.807) is 0 Å². The highest BCUT2D eigenvalue weighted by Gasteiger charge is 2.29. The van der Waals surface area contributed by atoms with Crippen LogP contribution in [0.3, 0.4) is 0 Å². The van der Waals surface area contributed by atoms with Crippen molar-refractivity contribution in [2.75, 3.05) is 13.1 Å². The van der Waals surface area contributed by atoms with Crippen molar-refractivity contribution in [3.05, 3.63) is 0 Å². The van der Waals surface area contributed by atoms with Gasteiger partial charge in [0, 0.05) is 12.8 Å². The third kappa shape index (κ3) is 1.96. The fourth-order valence-electron chi connectivity index (χ4n) is 1.63. The van der Waals surface area contributed by atoms with E-state index in [4.69, 9.17) is 0 Å². The van der Waals surface area contributed by atoms with Gasteiger partial charge in [0.2, 0.25) is 0 Å². The average molecular weight is 144 g/mol. The number of rotatable bonds is 1. The summed E-state index contributed by atoms with van der Waals surface area (Å²) >= 11 is 0. The summed E-state index contributed by atoms with van der Waals surface area (Å²) in [7, 11) is 0. The number of hydrogen-bond donors (Lipinski definition) is 2. The van der Waals surface area contributed by atoms with Gasteiger partial charge >= 0.3 is 0 Å².